The maximum atomic E-state index is 3.83. The summed E-state index contributed by atoms with van der Waals surface area (Å²) in [6, 6.07) is 0.837. The number of nitrogens with one attached hydrogen (secondary N) is 1. The monoisotopic (exact) mass is 196 g/mol. The molecule has 0 amide bonds. The van der Waals surface area contributed by atoms with E-state index in [1.54, 1.807) is 0 Å². The van der Waals surface area contributed by atoms with Gasteiger partial charge in [-0.1, -0.05) is 19.9 Å². The van der Waals surface area contributed by atoms with Crippen LogP contribution in [-0.2, 0) is 0 Å². The Morgan fingerprint density at radius 1 is 1.50 bits per heavy atom. The number of nitrogens with zero attached hydrogens (tertiary/aromatic N) is 1. The molecule has 0 saturated heterocycles. The summed E-state index contributed by atoms with van der Waals surface area (Å²) in [4.78, 5) is 2.56. The van der Waals surface area contributed by atoms with E-state index in [9.17, 15) is 0 Å². The molecule has 1 fully saturated rings. The Kier molecular flexibility index (Phi) is 4.14. The van der Waals surface area contributed by atoms with Gasteiger partial charge in [-0.3, -0.25) is 4.90 Å². The highest BCUT2D eigenvalue weighted by Gasteiger charge is 2.31. The zero-order valence-corrected chi connectivity index (χ0v) is 9.84. The molecule has 0 spiro atoms. The van der Waals surface area contributed by atoms with E-state index < -0.39 is 0 Å². The van der Waals surface area contributed by atoms with Gasteiger partial charge in [0.15, 0.2) is 0 Å². The molecular formula is C12H24N2. The van der Waals surface area contributed by atoms with Crippen LogP contribution in [0.25, 0.3) is 0 Å². The van der Waals surface area contributed by atoms with Crippen LogP contribution in [0.4, 0.5) is 0 Å². The van der Waals surface area contributed by atoms with Crippen molar-refractivity contribution < 1.29 is 0 Å². The van der Waals surface area contributed by atoms with Gasteiger partial charge in [0.05, 0.1) is 0 Å². The first-order chi connectivity index (χ1) is 6.59. The quantitative estimate of drug-likeness (QED) is 0.625. The van der Waals surface area contributed by atoms with Crippen LogP contribution in [0.5, 0.6) is 0 Å². The molecule has 0 atom stereocenters. The minimum atomic E-state index is 0.361. The van der Waals surface area contributed by atoms with Crippen molar-refractivity contribution in [1.29, 1.82) is 0 Å². The van der Waals surface area contributed by atoms with Gasteiger partial charge in [-0.2, -0.15) is 0 Å². The first kappa shape index (κ1) is 11.7. The van der Waals surface area contributed by atoms with Gasteiger partial charge in [0.25, 0.3) is 0 Å². The van der Waals surface area contributed by atoms with Crippen molar-refractivity contribution in [2.75, 3.05) is 26.7 Å². The van der Waals surface area contributed by atoms with E-state index in [0.717, 1.165) is 19.1 Å². The molecule has 1 aliphatic rings. The number of hydrogen-bond acceptors (Lipinski definition) is 2. The van der Waals surface area contributed by atoms with Crippen LogP contribution >= 0.6 is 0 Å². The molecule has 2 heteroatoms. The molecule has 1 aliphatic carbocycles. The van der Waals surface area contributed by atoms with E-state index in [1.165, 1.54) is 19.4 Å². The molecule has 82 valence electrons. The summed E-state index contributed by atoms with van der Waals surface area (Å²) in [5, 5.41) is 3.26. The van der Waals surface area contributed by atoms with Gasteiger partial charge in [-0.05, 0) is 25.3 Å². The van der Waals surface area contributed by atoms with Crippen LogP contribution in [-0.4, -0.2) is 37.6 Å². The predicted octanol–water partition coefficient (Wildman–Crippen LogP) is 1.88. The highest BCUT2D eigenvalue weighted by Crippen LogP contribution is 2.29. The fraction of sp³-hybridized carbons (Fsp3) is 0.833. The van der Waals surface area contributed by atoms with E-state index in [-0.39, 0.29) is 0 Å². The number of rotatable bonds is 7. The lowest BCUT2D eigenvalue weighted by atomic mass is 9.92. The predicted molar refractivity (Wildman–Crippen MR) is 62.5 cm³/mol. The molecular weight excluding hydrogens is 172 g/mol. The molecule has 0 aromatic carbocycles. The zero-order valence-electron chi connectivity index (χ0n) is 9.84. The Balaban J connectivity index is 2.40. The second-order valence-corrected chi connectivity index (χ2v) is 5.14. The third-order valence-corrected chi connectivity index (χ3v) is 2.71. The summed E-state index contributed by atoms with van der Waals surface area (Å²) in [5.41, 5.74) is 0.361. The smallest absolute Gasteiger partial charge is 0.0163 e. The first-order valence-corrected chi connectivity index (χ1v) is 5.58. The molecule has 0 unspecified atom stereocenters. The summed E-state index contributed by atoms with van der Waals surface area (Å²) < 4.78 is 0. The molecule has 0 aliphatic heterocycles. The standard InChI is InChI=1S/C12H24N2/c1-5-8-14(11-6-7-11)10-12(2,3)9-13-4/h5,11,13H,1,6-10H2,2-4H3. The Hall–Kier alpha value is -0.340. The van der Waals surface area contributed by atoms with Gasteiger partial charge < -0.3 is 5.32 Å². The largest absolute Gasteiger partial charge is 0.319 e. The molecule has 14 heavy (non-hydrogen) atoms. The zero-order chi connectivity index (χ0) is 10.6. The van der Waals surface area contributed by atoms with Crippen molar-refractivity contribution in [3.63, 3.8) is 0 Å². The summed E-state index contributed by atoms with van der Waals surface area (Å²) >= 11 is 0. The van der Waals surface area contributed by atoms with Crippen molar-refractivity contribution in [2.24, 2.45) is 5.41 Å². The van der Waals surface area contributed by atoms with Crippen LogP contribution in [0.2, 0.25) is 0 Å². The lowest BCUT2D eigenvalue weighted by molar-refractivity contribution is 0.183. The average molecular weight is 196 g/mol. The SMILES string of the molecule is C=CCN(CC(C)(C)CNC)C1CC1. The molecule has 0 bridgehead atoms. The van der Waals surface area contributed by atoms with Gasteiger partial charge in [-0.25, -0.2) is 0 Å². The van der Waals surface area contributed by atoms with Crippen molar-refractivity contribution in [2.45, 2.75) is 32.7 Å². The molecule has 0 aromatic rings. The van der Waals surface area contributed by atoms with Crippen LogP contribution in [0.15, 0.2) is 12.7 Å². The van der Waals surface area contributed by atoms with Crippen molar-refractivity contribution in [3.8, 4) is 0 Å². The Morgan fingerprint density at radius 3 is 2.57 bits per heavy atom. The highest BCUT2D eigenvalue weighted by molar-refractivity contribution is 4.91. The van der Waals surface area contributed by atoms with Crippen LogP contribution in [0.3, 0.4) is 0 Å². The van der Waals surface area contributed by atoms with Gasteiger partial charge in [-0.15, -0.1) is 6.58 Å². The van der Waals surface area contributed by atoms with Crippen LogP contribution in [0, 0.1) is 5.41 Å². The lowest BCUT2D eigenvalue weighted by Gasteiger charge is -2.32. The maximum Gasteiger partial charge on any atom is 0.0163 e. The molecule has 1 N–H and O–H groups in total. The third-order valence-electron chi connectivity index (χ3n) is 2.71. The summed E-state index contributed by atoms with van der Waals surface area (Å²) in [7, 11) is 2.02. The van der Waals surface area contributed by atoms with Gasteiger partial charge in [0, 0.05) is 25.7 Å². The summed E-state index contributed by atoms with van der Waals surface area (Å²) in [6.45, 7) is 11.8. The Morgan fingerprint density at radius 2 is 2.14 bits per heavy atom. The number of hydrogen-bond donors (Lipinski definition) is 1. The molecule has 1 saturated carbocycles. The van der Waals surface area contributed by atoms with E-state index in [0.29, 0.717) is 5.41 Å². The van der Waals surface area contributed by atoms with Gasteiger partial charge in [0.1, 0.15) is 0 Å². The fourth-order valence-electron chi connectivity index (χ4n) is 2.03. The summed E-state index contributed by atoms with van der Waals surface area (Å²) in [5.74, 6) is 0. The van der Waals surface area contributed by atoms with Gasteiger partial charge in [0.2, 0.25) is 0 Å². The minimum Gasteiger partial charge on any atom is -0.319 e. The Labute approximate surface area is 88.4 Å². The van der Waals surface area contributed by atoms with Crippen LogP contribution < -0.4 is 5.32 Å². The normalized spacial score (nSPS) is 17.4. The van der Waals surface area contributed by atoms with Crippen molar-refractivity contribution in [1.82, 2.24) is 10.2 Å². The van der Waals surface area contributed by atoms with Crippen molar-refractivity contribution in [3.05, 3.63) is 12.7 Å². The van der Waals surface area contributed by atoms with E-state index in [4.69, 9.17) is 0 Å². The molecule has 1 rings (SSSR count). The minimum absolute atomic E-state index is 0.361. The van der Waals surface area contributed by atoms with E-state index in [1.807, 2.05) is 13.1 Å². The first-order valence-electron chi connectivity index (χ1n) is 5.58. The summed E-state index contributed by atoms with van der Waals surface area (Å²) in [6.07, 6.45) is 4.78. The third kappa shape index (κ3) is 3.81. The molecule has 0 aromatic heterocycles. The molecule has 0 heterocycles. The molecule has 2 nitrogen and oxygen atoms in total. The van der Waals surface area contributed by atoms with E-state index >= 15 is 0 Å². The molecule has 0 radical (unpaired) electrons. The second-order valence-electron chi connectivity index (χ2n) is 5.14. The average Bonchev–Trinajstić information content (AvgIpc) is 2.84. The lowest BCUT2D eigenvalue weighted by Crippen LogP contribution is -2.40. The fourth-order valence-corrected chi connectivity index (χ4v) is 2.03. The highest BCUT2D eigenvalue weighted by atomic mass is 15.2. The van der Waals surface area contributed by atoms with Gasteiger partial charge >= 0.3 is 0 Å². The van der Waals surface area contributed by atoms with Crippen LogP contribution in [0.1, 0.15) is 26.7 Å². The van der Waals surface area contributed by atoms with Crippen molar-refractivity contribution >= 4 is 0 Å². The maximum absolute atomic E-state index is 3.83. The van der Waals surface area contributed by atoms with E-state index in [2.05, 4.69) is 30.6 Å². The Bertz CT molecular complexity index is 183. The topological polar surface area (TPSA) is 15.3 Å². The second kappa shape index (κ2) is 4.94.